The van der Waals surface area contributed by atoms with E-state index in [9.17, 15) is 0 Å². The van der Waals surface area contributed by atoms with E-state index in [0.717, 1.165) is 72.9 Å². The molecule has 7 nitrogen and oxygen atoms in total. The Labute approximate surface area is 188 Å². The van der Waals surface area contributed by atoms with Gasteiger partial charge >= 0.3 is 0 Å². The van der Waals surface area contributed by atoms with Crippen LogP contribution in [0.15, 0.2) is 11.3 Å². The van der Waals surface area contributed by atoms with Gasteiger partial charge in [-0.05, 0) is 38.6 Å². The predicted molar refractivity (Wildman–Crippen MR) is 126 cm³/mol. The van der Waals surface area contributed by atoms with E-state index in [0.29, 0.717) is 11.3 Å². The molecule has 1 saturated carbocycles. The molecule has 31 heavy (non-hydrogen) atoms. The molecule has 2 atom stereocenters. The highest BCUT2D eigenvalue weighted by molar-refractivity contribution is 7.17. The number of nitrogens with zero attached hydrogens (tertiary/aromatic N) is 4. The third-order valence-electron chi connectivity index (χ3n) is 7.32. The molecule has 0 spiro atoms. The van der Waals surface area contributed by atoms with Crippen molar-refractivity contribution in [1.82, 2.24) is 20.2 Å². The first-order valence-electron chi connectivity index (χ1n) is 11.5. The Morgan fingerprint density at radius 1 is 1.23 bits per heavy atom. The molecule has 0 aromatic carbocycles. The Morgan fingerprint density at radius 2 is 2.03 bits per heavy atom. The highest BCUT2D eigenvalue weighted by Crippen LogP contribution is 2.47. The average molecular weight is 443 g/mol. The van der Waals surface area contributed by atoms with Gasteiger partial charge in [-0.15, -0.1) is 11.3 Å². The molecule has 168 valence electrons. The van der Waals surface area contributed by atoms with Crippen molar-refractivity contribution in [2.24, 2.45) is 16.3 Å². The van der Waals surface area contributed by atoms with E-state index in [-0.39, 0.29) is 5.66 Å². The van der Waals surface area contributed by atoms with Crippen LogP contribution in [-0.4, -0.2) is 67.0 Å². The Bertz CT molecular complexity index is 1090. The number of aromatic nitrogens is 2. The summed E-state index contributed by atoms with van der Waals surface area (Å²) in [5, 5.41) is 8.39. The first-order chi connectivity index (χ1) is 14.9. The second kappa shape index (κ2) is 8.06. The first-order valence-corrected chi connectivity index (χ1v) is 12.3. The Hall–Kier alpha value is -1.61. The van der Waals surface area contributed by atoms with Gasteiger partial charge in [-0.1, -0.05) is 19.4 Å². The van der Waals surface area contributed by atoms with E-state index in [2.05, 4.69) is 41.3 Å². The summed E-state index contributed by atoms with van der Waals surface area (Å²) in [6.45, 7) is 12.6. The lowest BCUT2D eigenvalue weighted by Crippen LogP contribution is -2.54. The van der Waals surface area contributed by atoms with Crippen molar-refractivity contribution in [3.8, 4) is 0 Å². The van der Waals surface area contributed by atoms with Crippen LogP contribution in [0, 0.1) is 11.3 Å². The third-order valence-corrected chi connectivity index (χ3v) is 8.40. The summed E-state index contributed by atoms with van der Waals surface area (Å²) in [5.41, 5.74) is 2.66. The molecular formula is C23H34N6OS. The number of nitrogens with one attached hydrogen (secondary N) is 2. The van der Waals surface area contributed by atoms with Gasteiger partial charge in [0.2, 0.25) is 0 Å². The predicted octanol–water partition coefficient (Wildman–Crippen LogP) is 1.98. The highest BCUT2D eigenvalue weighted by atomic mass is 32.1. The molecule has 2 aromatic heterocycles. The van der Waals surface area contributed by atoms with Crippen LogP contribution in [0.4, 0.5) is 5.82 Å². The number of ether oxygens (including phenoxy) is 1. The molecule has 0 radical (unpaired) electrons. The van der Waals surface area contributed by atoms with Gasteiger partial charge in [0.25, 0.3) is 0 Å². The van der Waals surface area contributed by atoms with Crippen molar-refractivity contribution in [2.75, 3.05) is 51.8 Å². The topological polar surface area (TPSA) is 74.7 Å². The maximum atomic E-state index is 5.45. The zero-order valence-corrected chi connectivity index (χ0v) is 19.9. The largest absolute Gasteiger partial charge is 0.379 e. The quantitative estimate of drug-likeness (QED) is 0.738. The van der Waals surface area contributed by atoms with Crippen LogP contribution in [0.2, 0.25) is 0 Å². The van der Waals surface area contributed by atoms with Crippen molar-refractivity contribution < 1.29 is 4.74 Å². The molecule has 2 N–H and O–H groups in total. The van der Waals surface area contributed by atoms with E-state index < -0.39 is 0 Å². The van der Waals surface area contributed by atoms with Crippen LogP contribution < -0.4 is 20.5 Å². The first kappa shape index (κ1) is 21.2. The van der Waals surface area contributed by atoms with E-state index in [1.807, 2.05) is 7.05 Å². The smallest absolute Gasteiger partial charge is 0.147 e. The summed E-state index contributed by atoms with van der Waals surface area (Å²) in [4.78, 5) is 17.0. The van der Waals surface area contributed by atoms with Gasteiger partial charge in [0.1, 0.15) is 22.5 Å². The SMILES string of the molecule is CNC1(C)N=c2sc3c(NCCN4CCOCC4)ncnc3c2=C2CC(C)(C)CCC21. The van der Waals surface area contributed by atoms with Crippen molar-refractivity contribution in [2.45, 2.75) is 45.7 Å². The second-order valence-corrected chi connectivity index (χ2v) is 11.0. The van der Waals surface area contributed by atoms with Crippen LogP contribution in [-0.2, 0) is 4.74 Å². The summed E-state index contributed by atoms with van der Waals surface area (Å²) in [5.74, 6) is 1.36. The molecule has 0 amide bonds. The van der Waals surface area contributed by atoms with Crippen LogP contribution in [0.1, 0.15) is 40.0 Å². The number of hydrogen-bond donors (Lipinski definition) is 2. The van der Waals surface area contributed by atoms with Gasteiger partial charge in [0.15, 0.2) is 0 Å². The summed E-state index contributed by atoms with van der Waals surface area (Å²) in [6, 6.07) is 0. The fourth-order valence-corrected chi connectivity index (χ4v) is 6.62. The average Bonchev–Trinajstić information content (AvgIpc) is 3.12. The molecule has 4 heterocycles. The number of thiophene rings is 1. The van der Waals surface area contributed by atoms with Crippen LogP contribution in [0.25, 0.3) is 15.8 Å². The van der Waals surface area contributed by atoms with E-state index in [1.54, 1.807) is 17.7 Å². The van der Waals surface area contributed by atoms with E-state index in [4.69, 9.17) is 14.7 Å². The lowest BCUT2D eigenvalue weighted by atomic mass is 9.66. The number of rotatable bonds is 5. The monoisotopic (exact) mass is 442 g/mol. The lowest BCUT2D eigenvalue weighted by Gasteiger charge is -2.45. The van der Waals surface area contributed by atoms with Gasteiger partial charge in [-0.25, -0.2) is 9.97 Å². The Morgan fingerprint density at radius 3 is 2.81 bits per heavy atom. The van der Waals surface area contributed by atoms with Gasteiger partial charge in [-0.2, -0.15) is 0 Å². The molecule has 3 aliphatic rings. The van der Waals surface area contributed by atoms with Gasteiger partial charge in [-0.3, -0.25) is 15.2 Å². The van der Waals surface area contributed by atoms with E-state index >= 15 is 0 Å². The molecule has 2 unspecified atom stereocenters. The number of fused-ring (bicyclic) bond motifs is 4. The van der Waals surface area contributed by atoms with Crippen molar-refractivity contribution in [1.29, 1.82) is 0 Å². The number of hydrogen-bond acceptors (Lipinski definition) is 8. The molecule has 8 heteroatoms. The molecular weight excluding hydrogens is 408 g/mol. The summed E-state index contributed by atoms with van der Waals surface area (Å²) in [7, 11) is 2.04. The minimum atomic E-state index is -0.253. The molecule has 1 saturated heterocycles. The van der Waals surface area contributed by atoms with Crippen molar-refractivity contribution in [3.63, 3.8) is 0 Å². The van der Waals surface area contributed by atoms with Crippen LogP contribution in [0.3, 0.4) is 0 Å². The maximum absolute atomic E-state index is 5.45. The number of morpholine rings is 1. The summed E-state index contributed by atoms with van der Waals surface area (Å²) >= 11 is 1.74. The maximum Gasteiger partial charge on any atom is 0.147 e. The minimum absolute atomic E-state index is 0.253. The zero-order chi connectivity index (χ0) is 21.6. The van der Waals surface area contributed by atoms with Gasteiger partial charge in [0, 0.05) is 37.3 Å². The molecule has 0 bridgehead atoms. The van der Waals surface area contributed by atoms with Crippen LogP contribution >= 0.6 is 11.3 Å². The van der Waals surface area contributed by atoms with E-state index in [1.165, 1.54) is 17.2 Å². The van der Waals surface area contributed by atoms with Gasteiger partial charge in [0.05, 0.1) is 23.4 Å². The molecule has 2 aliphatic heterocycles. The van der Waals surface area contributed by atoms with Crippen molar-refractivity contribution in [3.05, 3.63) is 16.2 Å². The lowest BCUT2D eigenvalue weighted by molar-refractivity contribution is 0.0398. The standard InChI is InChI=1S/C23H34N6OS/c1-22(2)6-5-16-15(13-22)17-18-19(31-21(17)28-23(16,3)24-4)20(27-14-26-18)25-7-8-29-9-11-30-12-10-29/h14,16,24H,5-13H2,1-4H3,(H,25,26,27). The summed E-state index contributed by atoms with van der Waals surface area (Å²) in [6.07, 6.45) is 5.21. The normalized spacial score (nSPS) is 28.1. The summed E-state index contributed by atoms with van der Waals surface area (Å²) < 4.78 is 7.69. The highest BCUT2D eigenvalue weighted by Gasteiger charge is 2.43. The fourth-order valence-electron chi connectivity index (χ4n) is 5.39. The third kappa shape index (κ3) is 3.88. The number of anilines is 1. The van der Waals surface area contributed by atoms with Crippen LogP contribution in [0.5, 0.6) is 0 Å². The van der Waals surface area contributed by atoms with Crippen molar-refractivity contribution >= 4 is 32.9 Å². The Balaban J connectivity index is 1.54. The molecule has 5 rings (SSSR count). The molecule has 1 aliphatic carbocycles. The molecule has 2 fully saturated rings. The molecule has 2 aromatic rings. The fraction of sp³-hybridized carbons (Fsp3) is 0.696. The minimum Gasteiger partial charge on any atom is -0.379 e. The van der Waals surface area contributed by atoms with Gasteiger partial charge < -0.3 is 10.1 Å². The second-order valence-electron chi connectivity index (χ2n) is 10.0. The Kier molecular flexibility index (Phi) is 5.53. The zero-order valence-electron chi connectivity index (χ0n) is 19.1.